The highest BCUT2D eigenvalue weighted by Crippen LogP contribution is 2.36. The van der Waals surface area contributed by atoms with Crippen molar-refractivity contribution in [1.82, 2.24) is 4.90 Å². The van der Waals surface area contributed by atoms with Crippen molar-refractivity contribution < 1.29 is 9.59 Å². The summed E-state index contributed by atoms with van der Waals surface area (Å²) in [6.07, 6.45) is 0.964. The number of carbonyl (C=O) groups excluding carboxylic acids is 2. The molecule has 5 nitrogen and oxygen atoms in total. The van der Waals surface area contributed by atoms with E-state index < -0.39 is 0 Å². The Morgan fingerprint density at radius 2 is 1.50 bits per heavy atom. The van der Waals surface area contributed by atoms with E-state index in [-0.39, 0.29) is 11.6 Å². The van der Waals surface area contributed by atoms with Gasteiger partial charge in [0.25, 0.3) is 0 Å². The van der Waals surface area contributed by atoms with Crippen LogP contribution in [0, 0.1) is 0 Å². The van der Waals surface area contributed by atoms with Crippen LogP contribution in [0.3, 0.4) is 0 Å². The largest absolute Gasteiger partial charge is 0.388 e. The van der Waals surface area contributed by atoms with Gasteiger partial charge in [-0.25, -0.2) is 0 Å². The van der Waals surface area contributed by atoms with Crippen molar-refractivity contribution in [2.45, 2.75) is 13.3 Å². The lowest BCUT2D eigenvalue weighted by molar-refractivity contribution is 0.0980. The maximum absolute atomic E-state index is 13.1. The Hall–Kier alpha value is -2.66. The molecular formula is C21H25N3O2. The molecule has 2 aromatic carbocycles. The van der Waals surface area contributed by atoms with Gasteiger partial charge in [-0.05, 0) is 38.7 Å². The van der Waals surface area contributed by atoms with Crippen molar-refractivity contribution in [3.05, 3.63) is 58.7 Å². The molecule has 0 heterocycles. The van der Waals surface area contributed by atoms with E-state index in [1.807, 2.05) is 12.1 Å². The van der Waals surface area contributed by atoms with Crippen LogP contribution in [0.5, 0.6) is 0 Å². The van der Waals surface area contributed by atoms with Crippen LogP contribution in [-0.4, -0.2) is 50.2 Å². The van der Waals surface area contributed by atoms with Crippen molar-refractivity contribution in [1.29, 1.82) is 0 Å². The fourth-order valence-electron chi connectivity index (χ4n) is 3.31. The minimum absolute atomic E-state index is 0.0968. The lowest BCUT2D eigenvalue weighted by Gasteiger charge is -2.23. The van der Waals surface area contributed by atoms with Crippen LogP contribution in [0.1, 0.15) is 45.2 Å². The van der Waals surface area contributed by atoms with Crippen LogP contribution in [0.2, 0.25) is 0 Å². The van der Waals surface area contributed by atoms with Gasteiger partial charge >= 0.3 is 0 Å². The first kappa shape index (κ1) is 18.1. The molecule has 0 spiro atoms. The molecule has 1 aliphatic rings. The summed E-state index contributed by atoms with van der Waals surface area (Å²) < 4.78 is 0. The van der Waals surface area contributed by atoms with Crippen LogP contribution in [-0.2, 0) is 0 Å². The summed E-state index contributed by atoms with van der Waals surface area (Å²) in [5, 5.41) is 6.40. The summed E-state index contributed by atoms with van der Waals surface area (Å²) >= 11 is 0. The fourth-order valence-corrected chi connectivity index (χ4v) is 3.31. The van der Waals surface area contributed by atoms with Crippen molar-refractivity contribution in [3.8, 4) is 0 Å². The average Bonchev–Trinajstić information content (AvgIpc) is 2.68. The number of anilines is 2. The van der Waals surface area contributed by atoms with Crippen LogP contribution in [0.15, 0.2) is 36.4 Å². The smallest absolute Gasteiger partial charge is 0.196 e. The van der Waals surface area contributed by atoms with E-state index >= 15 is 0 Å². The summed E-state index contributed by atoms with van der Waals surface area (Å²) in [5.74, 6) is -0.200. The second-order valence-electron chi connectivity index (χ2n) is 6.54. The van der Waals surface area contributed by atoms with E-state index in [0.717, 1.165) is 31.7 Å². The molecule has 1 aliphatic carbocycles. The third kappa shape index (κ3) is 3.22. The van der Waals surface area contributed by atoms with Gasteiger partial charge in [-0.2, -0.15) is 0 Å². The number of nitrogens with zero attached hydrogens (tertiary/aromatic N) is 1. The van der Waals surface area contributed by atoms with Crippen LogP contribution >= 0.6 is 0 Å². The molecule has 0 bridgehead atoms. The molecule has 3 rings (SSSR count). The van der Waals surface area contributed by atoms with Crippen molar-refractivity contribution in [2.24, 2.45) is 0 Å². The molecular weight excluding hydrogens is 326 g/mol. The minimum Gasteiger partial charge on any atom is -0.388 e. The Bertz CT molecular complexity index is 845. The average molecular weight is 351 g/mol. The third-order valence-electron chi connectivity index (χ3n) is 4.92. The molecule has 0 amide bonds. The first-order chi connectivity index (χ1) is 12.6. The molecule has 2 N–H and O–H groups in total. The summed E-state index contributed by atoms with van der Waals surface area (Å²) in [6.45, 7) is 4.87. The van der Waals surface area contributed by atoms with Gasteiger partial charge in [0.2, 0.25) is 0 Å². The van der Waals surface area contributed by atoms with Gasteiger partial charge in [0, 0.05) is 36.1 Å². The number of nitrogens with one attached hydrogen (secondary N) is 2. The molecule has 0 radical (unpaired) electrons. The Labute approximate surface area is 154 Å². The summed E-state index contributed by atoms with van der Waals surface area (Å²) in [4.78, 5) is 28.4. The first-order valence-electron chi connectivity index (χ1n) is 9.04. The van der Waals surface area contributed by atoms with Gasteiger partial charge in [0.05, 0.1) is 11.1 Å². The lowest BCUT2D eigenvalue weighted by Crippen LogP contribution is -2.25. The number of carbonyl (C=O) groups is 2. The van der Waals surface area contributed by atoms with E-state index in [1.54, 1.807) is 31.3 Å². The third-order valence-corrected chi connectivity index (χ3v) is 4.92. The van der Waals surface area contributed by atoms with Crippen molar-refractivity contribution in [3.63, 3.8) is 0 Å². The monoisotopic (exact) mass is 351 g/mol. The zero-order valence-corrected chi connectivity index (χ0v) is 15.6. The molecule has 0 aliphatic heterocycles. The van der Waals surface area contributed by atoms with Gasteiger partial charge in [0.1, 0.15) is 0 Å². The van der Waals surface area contributed by atoms with E-state index in [9.17, 15) is 9.59 Å². The number of hydrogen-bond donors (Lipinski definition) is 2. The maximum atomic E-state index is 13.1. The van der Waals surface area contributed by atoms with Crippen LogP contribution in [0.4, 0.5) is 11.4 Å². The zero-order chi connectivity index (χ0) is 18.7. The molecule has 26 heavy (non-hydrogen) atoms. The standard InChI is InChI=1S/C21H25N3O2/c1-4-24(3)13-7-12-23-17-11-10-16(22-2)18-19(17)21(26)15-9-6-5-8-14(15)20(18)25/h5-6,8-11,22-23H,4,7,12-13H2,1-3H3. The van der Waals surface area contributed by atoms with Crippen molar-refractivity contribution >= 4 is 22.9 Å². The second-order valence-corrected chi connectivity index (χ2v) is 6.54. The van der Waals surface area contributed by atoms with Gasteiger partial charge in [-0.1, -0.05) is 31.2 Å². The highest BCUT2D eigenvalue weighted by molar-refractivity contribution is 6.31. The van der Waals surface area contributed by atoms with Gasteiger partial charge in [-0.15, -0.1) is 0 Å². The number of ketones is 2. The highest BCUT2D eigenvalue weighted by Gasteiger charge is 2.33. The molecule has 136 valence electrons. The summed E-state index contributed by atoms with van der Waals surface area (Å²) in [5.41, 5.74) is 3.31. The number of benzene rings is 2. The number of hydrogen-bond acceptors (Lipinski definition) is 5. The predicted octanol–water partition coefficient (Wildman–Crippen LogP) is 3.26. The lowest BCUT2D eigenvalue weighted by atomic mass is 9.82. The zero-order valence-electron chi connectivity index (χ0n) is 15.6. The van der Waals surface area contributed by atoms with E-state index in [2.05, 4.69) is 29.5 Å². The van der Waals surface area contributed by atoms with E-state index in [0.29, 0.717) is 27.9 Å². The molecule has 0 unspecified atom stereocenters. The molecule has 0 aromatic heterocycles. The van der Waals surface area contributed by atoms with Crippen molar-refractivity contribution in [2.75, 3.05) is 44.4 Å². The maximum Gasteiger partial charge on any atom is 0.196 e. The Morgan fingerprint density at radius 1 is 0.923 bits per heavy atom. The normalized spacial score (nSPS) is 12.8. The summed E-state index contributed by atoms with van der Waals surface area (Å²) in [6, 6.07) is 10.8. The molecule has 5 heteroatoms. The van der Waals surface area contributed by atoms with E-state index in [4.69, 9.17) is 0 Å². The number of fused-ring (bicyclic) bond motifs is 2. The molecule has 2 aromatic rings. The minimum atomic E-state index is -0.103. The topological polar surface area (TPSA) is 61.4 Å². The fraction of sp³-hybridized carbons (Fsp3) is 0.333. The van der Waals surface area contributed by atoms with Gasteiger partial charge < -0.3 is 15.5 Å². The molecule has 0 fully saturated rings. The van der Waals surface area contributed by atoms with Crippen LogP contribution < -0.4 is 10.6 Å². The number of rotatable bonds is 7. The van der Waals surface area contributed by atoms with Crippen LogP contribution in [0.25, 0.3) is 0 Å². The molecule has 0 atom stereocenters. The van der Waals surface area contributed by atoms with E-state index in [1.165, 1.54) is 0 Å². The quantitative estimate of drug-likeness (QED) is 0.640. The molecule has 0 saturated heterocycles. The first-order valence-corrected chi connectivity index (χ1v) is 9.04. The Balaban J connectivity index is 1.94. The highest BCUT2D eigenvalue weighted by atomic mass is 16.1. The van der Waals surface area contributed by atoms with Gasteiger partial charge in [0.15, 0.2) is 11.6 Å². The summed E-state index contributed by atoms with van der Waals surface area (Å²) in [7, 11) is 3.85. The Morgan fingerprint density at radius 3 is 2.08 bits per heavy atom. The predicted molar refractivity (Wildman–Crippen MR) is 106 cm³/mol. The Kier molecular flexibility index (Phi) is 5.38. The van der Waals surface area contributed by atoms with Gasteiger partial charge in [-0.3, -0.25) is 9.59 Å². The second kappa shape index (κ2) is 7.70. The SMILES string of the molecule is CCN(C)CCCNc1ccc(NC)c2c1C(=O)c1ccccc1C2=O. The molecule has 0 saturated carbocycles.